The fourth-order valence-electron chi connectivity index (χ4n) is 5.27. The van der Waals surface area contributed by atoms with E-state index >= 15 is 0 Å². The first-order valence-corrected chi connectivity index (χ1v) is 13.1. The topological polar surface area (TPSA) is 65.1 Å². The molecule has 7 heteroatoms. The average Bonchev–Trinajstić information content (AvgIpc) is 2.93. The molecule has 0 aliphatic carbocycles. The maximum atomic E-state index is 13.9. The van der Waals surface area contributed by atoms with Crippen LogP contribution in [0.15, 0.2) is 48.5 Å². The number of likely N-dealkylation sites (N-methyl/N-ethyl adjacent to an activating group) is 1. The van der Waals surface area contributed by atoms with Gasteiger partial charge in [0.1, 0.15) is 0 Å². The zero-order valence-electron chi connectivity index (χ0n) is 22.0. The van der Waals surface area contributed by atoms with Crippen LogP contribution in [0, 0.1) is 0 Å². The molecule has 2 fully saturated rings. The van der Waals surface area contributed by atoms with Crippen LogP contribution in [0.3, 0.4) is 0 Å². The van der Waals surface area contributed by atoms with Gasteiger partial charge in [0.05, 0.1) is 25.2 Å². The number of nitrogens with one attached hydrogen (secondary N) is 1. The van der Waals surface area contributed by atoms with E-state index in [4.69, 9.17) is 4.74 Å². The van der Waals surface area contributed by atoms with Crippen LogP contribution in [-0.2, 0) is 22.4 Å². The van der Waals surface area contributed by atoms with E-state index in [1.165, 1.54) is 0 Å². The van der Waals surface area contributed by atoms with Crippen molar-refractivity contribution in [2.75, 3.05) is 71.5 Å². The van der Waals surface area contributed by atoms with Gasteiger partial charge < -0.3 is 19.9 Å². The van der Waals surface area contributed by atoms with Crippen molar-refractivity contribution >= 4 is 17.4 Å². The van der Waals surface area contributed by atoms with Gasteiger partial charge in [0.15, 0.2) is 5.78 Å². The second-order valence-corrected chi connectivity index (χ2v) is 10.1. The van der Waals surface area contributed by atoms with Crippen LogP contribution >= 0.6 is 0 Å². The van der Waals surface area contributed by atoms with Crippen molar-refractivity contribution in [3.8, 4) is 0 Å². The Kier molecular flexibility index (Phi) is 8.77. The second-order valence-electron chi connectivity index (χ2n) is 10.1. The van der Waals surface area contributed by atoms with Crippen molar-refractivity contribution in [1.29, 1.82) is 0 Å². The molecule has 0 aromatic heterocycles. The number of rotatable bonds is 9. The molecule has 1 N–H and O–H groups in total. The molecule has 7 nitrogen and oxygen atoms in total. The fraction of sp³-hybridized carbons (Fsp3) is 0.517. The van der Waals surface area contributed by atoms with E-state index in [2.05, 4.69) is 46.3 Å². The zero-order valence-corrected chi connectivity index (χ0v) is 22.0. The van der Waals surface area contributed by atoms with E-state index in [1.807, 2.05) is 43.3 Å². The van der Waals surface area contributed by atoms with Gasteiger partial charge in [-0.3, -0.25) is 14.5 Å². The van der Waals surface area contributed by atoms with Crippen LogP contribution in [0.5, 0.6) is 0 Å². The van der Waals surface area contributed by atoms with Crippen molar-refractivity contribution in [3.05, 3.63) is 65.2 Å². The van der Waals surface area contributed by atoms with Crippen molar-refractivity contribution in [2.45, 2.75) is 31.7 Å². The van der Waals surface area contributed by atoms with Crippen LogP contribution in [-0.4, -0.2) is 93.6 Å². The van der Waals surface area contributed by atoms with E-state index in [1.54, 1.807) is 0 Å². The van der Waals surface area contributed by atoms with Crippen LogP contribution < -0.4 is 10.2 Å². The van der Waals surface area contributed by atoms with Gasteiger partial charge in [0, 0.05) is 50.5 Å². The van der Waals surface area contributed by atoms with Gasteiger partial charge in [-0.15, -0.1) is 0 Å². The predicted octanol–water partition coefficient (Wildman–Crippen LogP) is 2.63. The lowest BCUT2D eigenvalue weighted by Gasteiger charge is -2.38. The highest BCUT2D eigenvalue weighted by molar-refractivity contribution is 6.03. The summed E-state index contributed by atoms with van der Waals surface area (Å²) in [4.78, 5) is 32.8. The third-order valence-corrected chi connectivity index (χ3v) is 7.71. The number of morpholine rings is 1. The molecule has 1 unspecified atom stereocenters. The third-order valence-electron chi connectivity index (χ3n) is 7.71. The lowest BCUT2D eigenvalue weighted by molar-refractivity contribution is -0.131. The van der Waals surface area contributed by atoms with Crippen LogP contribution in [0.25, 0.3) is 0 Å². The summed E-state index contributed by atoms with van der Waals surface area (Å²) in [5, 5.41) is 3.28. The van der Waals surface area contributed by atoms with Crippen molar-refractivity contribution in [3.63, 3.8) is 0 Å². The number of ketones is 1. The van der Waals surface area contributed by atoms with Crippen LogP contribution in [0.2, 0.25) is 0 Å². The number of hydrogen-bond acceptors (Lipinski definition) is 6. The summed E-state index contributed by atoms with van der Waals surface area (Å²) in [5.41, 5.74) is 3.34. The summed E-state index contributed by atoms with van der Waals surface area (Å²) in [6.07, 6.45) is 1.74. The van der Waals surface area contributed by atoms with Crippen molar-refractivity contribution in [1.82, 2.24) is 15.1 Å². The van der Waals surface area contributed by atoms with E-state index < -0.39 is 5.54 Å². The minimum atomic E-state index is -0.640. The summed E-state index contributed by atoms with van der Waals surface area (Å²) < 4.78 is 5.46. The second kappa shape index (κ2) is 12.0. The number of nitrogens with zero attached hydrogens (tertiary/aromatic N) is 3. The Labute approximate surface area is 215 Å². The standard InChI is InChI=1S/C29H40N4O3/c1-4-29(31(2)3,28(35)25-9-11-26(12-10-25)32-17-19-36-20-18-32)22-24-7-5-23(6-8-24)21-27(34)33-15-13-30-14-16-33/h5-12,30H,4,13-22H2,1-3H3. The molecule has 1 amide bonds. The molecule has 2 aromatic carbocycles. The van der Waals surface area contributed by atoms with Crippen molar-refractivity contribution < 1.29 is 14.3 Å². The summed E-state index contributed by atoms with van der Waals surface area (Å²) >= 11 is 0. The minimum Gasteiger partial charge on any atom is -0.378 e. The molecular weight excluding hydrogens is 452 g/mol. The Morgan fingerprint density at radius 1 is 0.917 bits per heavy atom. The highest BCUT2D eigenvalue weighted by Gasteiger charge is 2.39. The monoisotopic (exact) mass is 492 g/mol. The van der Waals surface area contributed by atoms with Gasteiger partial charge in [-0.2, -0.15) is 0 Å². The van der Waals surface area contributed by atoms with Gasteiger partial charge in [0.25, 0.3) is 0 Å². The first kappa shape index (κ1) is 26.3. The number of carbonyl (C=O) groups is 2. The molecule has 0 radical (unpaired) electrons. The molecule has 2 saturated heterocycles. The summed E-state index contributed by atoms with van der Waals surface area (Å²) in [7, 11) is 3.98. The summed E-state index contributed by atoms with van der Waals surface area (Å²) in [6.45, 7) is 8.58. The quantitative estimate of drug-likeness (QED) is 0.543. The normalized spacial score (nSPS) is 18.2. The molecule has 2 aliphatic heterocycles. The van der Waals surface area contributed by atoms with Gasteiger partial charge >= 0.3 is 0 Å². The maximum Gasteiger partial charge on any atom is 0.227 e. The first-order chi connectivity index (χ1) is 17.4. The van der Waals surface area contributed by atoms with Crippen LogP contribution in [0.4, 0.5) is 5.69 Å². The average molecular weight is 493 g/mol. The fourth-order valence-corrected chi connectivity index (χ4v) is 5.27. The van der Waals surface area contributed by atoms with E-state index in [0.29, 0.717) is 19.3 Å². The highest BCUT2D eigenvalue weighted by Crippen LogP contribution is 2.29. The molecule has 2 heterocycles. The molecule has 1 atom stereocenters. The number of carbonyl (C=O) groups excluding carboxylic acids is 2. The predicted molar refractivity (Wildman–Crippen MR) is 144 cm³/mol. The van der Waals surface area contributed by atoms with Gasteiger partial charge in [0.2, 0.25) is 5.91 Å². The molecular formula is C29H40N4O3. The summed E-state index contributed by atoms with van der Waals surface area (Å²) in [5.74, 6) is 0.317. The Morgan fingerprint density at radius 3 is 2.11 bits per heavy atom. The zero-order chi connectivity index (χ0) is 25.5. The lowest BCUT2D eigenvalue weighted by Crippen LogP contribution is -2.52. The van der Waals surface area contributed by atoms with E-state index in [-0.39, 0.29) is 11.7 Å². The van der Waals surface area contributed by atoms with E-state index in [9.17, 15) is 9.59 Å². The molecule has 0 saturated carbocycles. The third kappa shape index (κ3) is 5.97. The number of anilines is 1. The molecule has 0 spiro atoms. The maximum absolute atomic E-state index is 13.9. The van der Waals surface area contributed by atoms with Gasteiger partial charge in [-0.1, -0.05) is 31.2 Å². The largest absolute Gasteiger partial charge is 0.378 e. The minimum absolute atomic E-state index is 0.140. The molecule has 2 aliphatic rings. The van der Waals surface area contributed by atoms with Gasteiger partial charge in [-0.25, -0.2) is 0 Å². The number of ether oxygens (including phenoxy) is 1. The molecule has 4 rings (SSSR count). The van der Waals surface area contributed by atoms with Crippen LogP contribution in [0.1, 0.15) is 34.8 Å². The SMILES string of the molecule is CCC(Cc1ccc(CC(=O)N2CCNCC2)cc1)(C(=O)c1ccc(N2CCOCC2)cc1)N(C)C. The summed E-state index contributed by atoms with van der Waals surface area (Å²) in [6, 6.07) is 16.3. The Bertz CT molecular complexity index is 1010. The smallest absolute Gasteiger partial charge is 0.227 e. The Hall–Kier alpha value is -2.74. The number of Topliss-reactive ketones (excluding diaryl/α,β-unsaturated/α-hetero) is 1. The number of amides is 1. The number of hydrogen-bond donors (Lipinski definition) is 1. The molecule has 0 bridgehead atoms. The number of piperazine rings is 1. The Balaban J connectivity index is 1.46. The molecule has 2 aromatic rings. The lowest BCUT2D eigenvalue weighted by atomic mass is 9.80. The number of benzene rings is 2. The Morgan fingerprint density at radius 2 is 1.53 bits per heavy atom. The van der Waals surface area contributed by atoms with Gasteiger partial charge in [-0.05, 0) is 62.3 Å². The first-order valence-electron chi connectivity index (χ1n) is 13.1. The van der Waals surface area contributed by atoms with E-state index in [0.717, 1.165) is 74.9 Å². The van der Waals surface area contributed by atoms with Crippen molar-refractivity contribution in [2.24, 2.45) is 0 Å². The highest BCUT2D eigenvalue weighted by atomic mass is 16.5. The molecule has 194 valence electrons. The molecule has 36 heavy (non-hydrogen) atoms.